The fourth-order valence-corrected chi connectivity index (χ4v) is 4.03. The number of hydrazone groups is 1. The summed E-state index contributed by atoms with van der Waals surface area (Å²) in [5.41, 5.74) is 4.95. The van der Waals surface area contributed by atoms with E-state index in [1.54, 1.807) is 11.3 Å². The van der Waals surface area contributed by atoms with E-state index in [9.17, 15) is 0 Å². The number of nitrogens with one attached hydrogen (secondary N) is 1. The van der Waals surface area contributed by atoms with E-state index in [1.807, 2.05) is 48.0 Å². The quantitative estimate of drug-likeness (QED) is 0.347. The van der Waals surface area contributed by atoms with Gasteiger partial charge < -0.3 is 0 Å². The number of rotatable bonds is 4. The van der Waals surface area contributed by atoms with Crippen molar-refractivity contribution in [2.45, 2.75) is 0 Å². The highest BCUT2D eigenvalue weighted by atomic mass is 35.5. The van der Waals surface area contributed by atoms with Gasteiger partial charge in [-0.2, -0.15) is 5.10 Å². The Kier molecular flexibility index (Phi) is 4.30. The third-order valence-corrected chi connectivity index (χ3v) is 5.49. The molecule has 0 aliphatic heterocycles. The molecule has 0 fully saturated rings. The highest BCUT2D eigenvalue weighted by Crippen LogP contribution is 2.26. The predicted octanol–water partition coefficient (Wildman–Crippen LogP) is 6.12. The Balaban J connectivity index is 1.47. The molecule has 0 atom stereocenters. The van der Waals surface area contributed by atoms with Gasteiger partial charge in [0, 0.05) is 25.5 Å². The summed E-state index contributed by atoms with van der Waals surface area (Å²) in [4.78, 5) is 5.65. The molecule has 0 saturated carbocycles. The average molecular weight is 370 g/mol. The molecule has 0 bridgehead atoms. The number of thiophene rings is 1. The molecule has 0 unspecified atom stereocenters. The molecule has 0 aliphatic rings. The lowest BCUT2D eigenvalue weighted by atomic mass is 10.2. The van der Waals surface area contributed by atoms with E-state index >= 15 is 0 Å². The molecular formula is C18H12ClN3S2. The van der Waals surface area contributed by atoms with E-state index < -0.39 is 0 Å². The fraction of sp³-hybridized carbons (Fsp3) is 0. The minimum absolute atomic E-state index is 0.722. The monoisotopic (exact) mass is 369 g/mol. The minimum Gasteiger partial charge on any atom is -0.253 e. The van der Waals surface area contributed by atoms with Crippen molar-refractivity contribution in [3.63, 3.8) is 0 Å². The second-order valence-corrected chi connectivity index (χ2v) is 7.51. The topological polar surface area (TPSA) is 37.3 Å². The van der Waals surface area contributed by atoms with E-state index in [4.69, 9.17) is 11.6 Å². The minimum atomic E-state index is 0.722. The van der Waals surface area contributed by atoms with Crippen molar-refractivity contribution in [1.82, 2.24) is 4.98 Å². The number of nitrogens with zero attached hydrogens (tertiary/aromatic N) is 2. The van der Waals surface area contributed by atoms with Crippen LogP contribution in [0.2, 0.25) is 5.02 Å². The van der Waals surface area contributed by atoms with E-state index in [-0.39, 0.29) is 0 Å². The van der Waals surface area contributed by atoms with Crippen molar-refractivity contribution >= 4 is 55.7 Å². The van der Waals surface area contributed by atoms with Gasteiger partial charge in [-0.25, -0.2) is 4.98 Å². The third-order valence-electron chi connectivity index (χ3n) is 3.44. The van der Waals surface area contributed by atoms with Gasteiger partial charge in [0.2, 0.25) is 5.13 Å². The molecule has 3 nitrogen and oxygen atoms in total. The summed E-state index contributed by atoms with van der Waals surface area (Å²) in [6.07, 6.45) is 1.83. The van der Waals surface area contributed by atoms with Gasteiger partial charge in [-0.3, -0.25) is 5.43 Å². The van der Waals surface area contributed by atoms with Crippen LogP contribution in [0.25, 0.3) is 21.3 Å². The van der Waals surface area contributed by atoms with Gasteiger partial charge in [-0.1, -0.05) is 41.9 Å². The summed E-state index contributed by atoms with van der Waals surface area (Å²) in [5.74, 6) is 0. The van der Waals surface area contributed by atoms with E-state index in [0.717, 1.165) is 26.3 Å². The summed E-state index contributed by atoms with van der Waals surface area (Å²) in [6.45, 7) is 0. The molecule has 0 amide bonds. The maximum Gasteiger partial charge on any atom is 0.203 e. The van der Waals surface area contributed by atoms with Crippen molar-refractivity contribution < 1.29 is 0 Å². The fourth-order valence-electron chi connectivity index (χ4n) is 2.30. The molecule has 4 rings (SSSR count). The first-order valence-electron chi connectivity index (χ1n) is 7.27. The number of hydrogen-bond acceptors (Lipinski definition) is 5. The lowest BCUT2D eigenvalue weighted by Crippen LogP contribution is -1.88. The van der Waals surface area contributed by atoms with Crippen LogP contribution in [0, 0.1) is 0 Å². The molecule has 0 radical (unpaired) electrons. The second-order valence-electron chi connectivity index (χ2n) is 5.10. The molecule has 6 heteroatoms. The highest BCUT2D eigenvalue weighted by Gasteiger charge is 2.04. The Morgan fingerprint density at radius 1 is 1.08 bits per heavy atom. The number of fused-ring (bicyclic) bond motifs is 1. The largest absolute Gasteiger partial charge is 0.253 e. The van der Waals surface area contributed by atoms with E-state index in [1.165, 1.54) is 21.4 Å². The Morgan fingerprint density at radius 2 is 1.92 bits per heavy atom. The van der Waals surface area contributed by atoms with E-state index in [2.05, 4.69) is 33.7 Å². The summed E-state index contributed by atoms with van der Waals surface area (Å²) < 4.78 is 1.26. The van der Waals surface area contributed by atoms with Crippen LogP contribution in [0.5, 0.6) is 0 Å². The zero-order chi connectivity index (χ0) is 16.4. The van der Waals surface area contributed by atoms with Gasteiger partial charge in [0.1, 0.15) is 0 Å². The molecule has 2 heterocycles. The van der Waals surface area contributed by atoms with E-state index in [0.29, 0.717) is 0 Å². The van der Waals surface area contributed by atoms with Crippen LogP contribution in [0.4, 0.5) is 5.13 Å². The molecule has 1 N–H and O–H groups in total. The summed E-state index contributed by atoms with van der Waals surface area (Å²) >= 11 is 9.15. The molecular weight excluding hydrogens is 358 g/mol. The van der Waals surface area contributed by atoms with Crippen LogP contribution in [-0.2, 0) is 0 Å². The molecule has 0 aliphatic carbocycles. The van der Waals surface area contributed by atoms with Crippen LogP contribution in [0.3, 0.4) is 0 Å². The maximum atomic E-state index is 5.91. The number of aromatic nitrogens is 1. The van der Waals surface area contributed by atoms with Crippen LogP contribution in [0.1, 0.15) is 4.88 Å². The lowest BCUT2D eigenvalue weighted by molar-refractivity contribution is 1.29. The summed E-state index contributed by atoms with van der Waals surface area (Å²) in [6, 6.07) is 18.1. The third kappa shape index (κ3) is 3.33. The second kappa shape index (κ2) is 6.73. The predicted molar refractivity (Wildman–Crippen MR) is 106 cm³/mol. The number of hydrogen-bond donors (Lipinski definition) is 1. The van der Waals surface area contributed by atoms with Crippen LogP contribution >= 0.6 is 34.3 Å². The Labute approximate surface area is 152 Å². The van der Waals surface area contributed by atoms with Gasteiger partial charge in [0.05, 0.1) is 11.9 Å². The van der Waals surface area contributed by atoms with Crippen LogP contribution in [0.15, 0.2) is 65.1 Å². The zero-order valence-corrected chi connectivity index (χ0v) is 14.8. The first-order chi connectivity index (χ1) is 11.8. The number of benzene rings is 2. The summed E-state index contributed by atoms with van der Waals surface area (Å²) in [7, 11) is 0. The highest BCUT2D eigenvalue weighted by molar-refractivity contribution is 7.20. The normalized spacial score (nSPS) is 11.4. The number of halogens is 1. The first-order valence-corrected chi connectivity index (χ1v) is 9.34. The average Bonchev–Trinajstić information content (AvgIpc) is 3.22. The van der Waals surface area contributed by atoms with Gasteiger partial charge in [-0.05, 0) is 29.7 Å². The molecule has 0 saturated heterocycles. The maximum absolute atomic E-state index is 5.91. The van der Waals surface area contributed by atoms with Crippen LogP contribution in [-0.4, -0.2) is 11.2 Å². The molecule has 118 valence electrons. The van der Waals surface area contributed by atoms with Gasteiger partial charge >= 0.3 is 0 Å². The van der Waals surface area contributed by atoms with Crippen molar-refractivity contribution in [2.24, 2.45) is 5.10 Å². The first kappa shape index (κ1) is 15.3. The lowest BCUT2D eigenvalue weighted by Gasteiger charge is -1.96. The molecule has 2 aromatic heterocycles. The molecule has 0 spiro atoms. The van der Waals surface area contributed by atoms with Crippen LogP contribution < -0.4 is 5.43 Å². The number of anilines is 1. The standard InChI is InChI=1S/C18H12ClN3S2/c19-14-7-5-12(6-8-14)16-11-23-18(21-16)22-20-10-15-9-13-3-1-2-4-17(13)24-15/h1-11H,(H,21,22)/b20-10+. The van der Waals surface area contributed by atoms with Crippen molar-refractivity contribution in [2.75, 3.05) is 5.43 Å². The molecule has 2 aromatic carbocycles. The smallest absolute Gasteiger partial charge is 0.203 e. The number of thiazole rings is 1. The van der Waals surface area contributed by atoms with Crippen molar-refractivity contribution in [3.8, 4) is 11.3 Å². The van der Waals surface area contributed by atoms with Crippen molar-refractivity contribution in [3.05, 3.63) is 69.9 Å². The Hall–Kier alpha value is -2.21. The SMILES string of the molecule is Clc1ccc(-c2csc(N/N=C/c3cc4ccccc4s3)n2)cc1. The van der Waals surface area contributed by atoms with Gasteiger partial charge in [0.15, 0.2) is 0 Å². The summed E-state index contributed by atoms with van der Waals surface area (Å²) in [5, 5.41) is 9.01. The molecule has 24 heavy (non-hydrogen) atoms. The Morgan fingerprint density at radius 3 is 2.75 bits per heavy atom. The molecule has 4 aromatic rings. The van der Waals surface area contributed by atoms with Gasteiger partial charge in [0.25, 0.3) is 0 Å². The Bertz CT molecular complexity index is 969. The van der Waals surface area contributed by atoms with Gasteiger partial charge in [-0.15, -0.1) is 22.7 Å². The zero-order valence-electron chi connectivity index (χ0n) is 12.4. The van der Waals surface area contributed by atoms with Crippen molar-refractivity contribution in [1.29, 1.82) is 0 Å².